The number of hydrogen-bond acceptors (Lipinski definition) is 8. The fourth-order valence-electron chi connectivity index (χ4n) is 4.40. The Labute approximate surface area is 184 Å². The molecule has 0 radical (unpaired) electrons. The van der Waals surface area contributed by atoms with Crippen LogP contribution in [0.4, 0.5) is 5.13 Å². The Hall–Kier alpha value is -3.00. The molecule has 2 aromatic carbocycles. The van der Waals surface area contributed by atoms with Crippen LogP contribution in [-0.4, -0.2) is 50.8 Å². The highest BCUT2D eigenvalue weighted by Crippen LogP contribution is 2.48. The number of methoxy groups -OCH3 is 3. The van der Waals surface area contributed by atoms with E-state index in [0.29, 0.717) is 29.2 Å². The van der Waals surface area contributed by atoms with Gasteiger partial charge in [0.15, 0.2) is 22.4 Å². The zero-order valence-electron chi connectivity index (χ0n) is 17.8. The highest BCUT2D eigenvalue weighted by molar-refractivity contribution is 7.22. The second-order valence-electron chi connectivity index (χ2n) is 7.88. The number of rotatable bonds is 4. The predicted octanol–water partition coefficient (Wildman–Crippen LogP) is 4.33. The minimum Gasteiger partial charge on any atom is -0.497 e. The Morgan fingerprint density at radius 2 is 1.87 bits per heavy atom. The number of benzene rings is 2. The quantitative estimate of drug-likeness (QED) is 0.598. The molecular formula is C23H24N2O5S. The molecule has 0 N–H and O–H groups in total. The Bertz CT molecular complexity index is 1150. The monoisotopic (exact) mass is 440 g/mol. The topological polar surface area (TPSA) is 70.1 Å². The van der Waals surface area contributed by atoms with Crippen LogP contribution >= 0.6 is 11.3 Å². The number of aromatic nitrogens is 1. The first-order valence-electron chi connectivity index (χ1n) is 10.2. The lowest BCUT2D eigenvalue weighted by molar-refractivity contribution is 0.0208. The number of nitrogens with zero attached hydrogens (tertiary/aromatic N) is 2. The Morgan fingerprint density at radius 1 is 1.06 bits per heavy atom. The molecule has 1 fully saturated rings. The summed E-state index contributed by atoms with van der Waals surface area (Å²) in [5.41, 5.74) is 1.00. The van der Waals surface area contributed by atoms with Crippen LogP contribution in [0.25, 0.3) is 10.2 Å². The summed E-state index contributed by atoms with van der Waals surface area (Å²) >= 11 is 1.66. The van der Waals surface area contributed by atoms with Gasteiger partial charge in [-0.05, 0) is 30.3 Å². The van der Waals surface area contributed by atoms with Gasteiger partial charge in [-0.3, -0.25) is 4.79 Å². The molecule has 0 bridgehead atoms. The third-order valence-corrected chi connectivity index (χ3v) is 7.21. The number of anilines is 1. The molecule has 8 heteroatoms. The third kappa shape index (κ3) is 3.35. The molecule has 5 rings (SSSR count). The summed E-state index contributed by atoms with van der Waals surface area (Å²) in [5, 5.41) is 0.986. The van der Waals surface area contributed by atoms with E-state index >= 15 is 0 Å². The van der Waals surface area contributed by atoms with Gasteiger partial charge in [-0.25, -0.2) is 4.98 Å². The smallest absolute Gasteiger partial charge is 0.204 e. The van der Waals surface area contributed by atoms with Gasteiger partial charge in [0.2, 0.25) is 5.75 Å². The summed E-state index contributed by atoms with van der Waals surface area (Å²) in [4.78, 5) is 20.0. The average molecular weight is 441 g/mol. The maximum Gasteiger partial charge on any atom is 0.204 e. The van der Waals surface area contributed by atoms with Gasteiger partial charge in [-0.2, -0.15) is 0 Å². The number of piperidine rings is 1. The lowest BCUT2D eigenvalue weighted by Crippen LogP contribution is -2.51. The van der Waals surface area contributed by atoms with Crippen molar-refractivity contribution in [1.82, 2.24) is 4.98 Å². The van der Waals surface area contributed by atoms with Gasteiger partial charge < -0.3 is 23.8 Å². The fourth-order valence-corrected chi connectivity index (χ4v) is 5.45. The number of hydrogen-bond donors (Lipinski definition) is 0. The number of thiazole rings is 1. The standard InChI is InChI=1S/C23H24N2O5S/c1-27-14-4-6-16-19(12-14)31-22(24-16)25-10-8-23(9-11-25)13-17(26)15-5-7-18(28-2)21(29-3)20(15)30-23/h4-7,12H,8-11,13H2,1-3H3. The maximum absolute atomic E-state index is 12.9. The van der Waals surface area contributed by atoms with Crippen molar-refractivity contribution in [3.8, 4) is 23.0 Å². The maximum atomic E-state index is 12.9. The highest BCUT2D eigenvalue weighted by atomic mass is 32.1. The number of fused-ring (bicyclic) bond motifs is 2. The van der Waals surface area contributed by atoms with Gasteiger partial charge in [0.05, 0.1) is 43.5 Å². The zero-order valence-corrected chi connectivity index (χ0v) is 18.6. The van der Waals surface area contributed by atoms with Crippen molar-refractivity contribution in [2.45, 2.75) is 24.9 Å². The van der Waals surface area contributed by atoms with Gasteiger partial charge in [-0.1, -0.05) is 11.3 Å². The van der Waals surface area contributed by atoms with Crippen LogP contribution < -0.4 is 23.8 Å². The molecule has 7 nitrogen and oxygen atoms in total. The van der Waals surface area contributed by atoms with E-state index in [1.807, 2.05) is 18.2 Å². The fraction of sp³-hybridized carbons (Fsp3) is 0.391. The van der Waals surface area contributed by atoms with E-state index in [1.165, 1.54) is 0 Å². The Morgan fingerprint density at radius 3 is 2.58 bits per heavy atom. The number of carbonyl (C=O) groups excluding carboxylic acids is 1. The average Bonchev–Trinajstić information content (AvgIpc) is 3.21. The lowest BCUT2D eigenvalue weighted by atomic mass is 9.82. The van der Waals surface area contributed by atoms with Crippen molar-refractivity contribution in [1.29, 1.82) is 0 Å². The van der Waals surface area contributed by atoms with Crippen LogP contribution in [0, 0.1) is 0 Å². The van der Waals surface area contributed by atoms with E-state index in [2.05, 4.69) is 4.90 Å². The van der Waals surface area contributed by atoms with Crippen LogP contribution in [-0.2, 0) is 0 Å². The highest BCUT2D eigenvalue weighted by Gasteiger charge is 2.44. The molecule has 3 heterocycles. The molecule has 3 aromatic rings. The van der Waals surface area contributed by atoms with E-state index in [1.54, 1.807) is 44.8 Å². The van der Waals surface area contributed by atoms with Crippen molar-refractivity contribution in [3.63, 3.8) is 0 Å². The zero-order chi connectivity index (χ0) is 21.6. The summed E-state index contributed by atoms with van der Waals surface area (Å²) in [6.07, 6.45) is 1.84. The molecule has 1 spiro atoms. The first kappa shape index (κ1) is 19.9. The minimum absolute atomic E-state index is 0.0859. The van der Waals surface area contributed by atoms with Crippen LogP contribution in [0.5, 0.6) is 23.0 Å². The van der Waals surface area contributed by atoms with Crippen molar-refractivity contribution >= 4 is 32.5 Å². The third-order valence-electron chi connectivity index (χ3n) is 6.13. The summed E-state index contributed by atoms with van der Waals surface area (Å²) in [7, 11) is 4.82. The molecular weight excluding hydrogens is 416 g/mol. The summed E-state index contributed by atoms with van der Waals surface area (Å²) in [6.45, 7) is 1.54. The Kier molecular flexibility index (Phi) is 4.89. The molecule has 0 atom stereocenters. The van der Waals surface area contributed by atoms with Crippen LogP contribution in [0.15, 0.2) is 30.3 Å². The minimum atomic E-state index is -0.528. The largest absolute Gasteiger partial charge is 0.497 e. The Balaban J connectivity index is 1.38. The molecule has 1 aromatic heterocycles. The second kappa shape index (κ2) is 7.60. The molecule has 0 aliphatic carbocycles. The van der Waals surface area contributed by atoms with E-state index in [-0.39, 0.29) is 5.78 Å². The van der Waals surface area contributed by atoms with Gasteiger partial charge in [0.25, 0.3) is 0 Å². The van der Waals surface area contributed by atoms with Crippen molar-refractivity contribution in [2.24, 2.45) is 0 Å². The molecule has 0 saturated carbocycles. The van der Waals surface area contributed by atoms with Gasteiger partial charge >= 0.3 is 0 Å². The summed E-state index contributed by atoms with van der Waals surface area (Å²) < 4.78 is 23.8. The van der Waals surface area contributed by atoms with E-state index in [9.17, 15) is 4.79 Å². The first-order valence-corrected chi connectivity index (χ1v) is 11.0. The SMILES string of the molecule is COc1ccc2nc(N3CCC4(CC3)CC(=O)c3ccc(OC)c(OC)c3O4)sc2c1. The molecule has 0 amide bonds. The summed E-state index contributed by atoms with van der Waals surface area (Å²) in [6, 6.07) is 9.44. The van der Waals surface area contributed by atoms with Crippen molar-refractivity contribution in [2.75, 3.05) is 39.3 Å². The normalized spacial score (nSPS) is 17.4. The van der Waals surface area contributed by atoms with E-state index in [4.69, 9.17) is 23.9 Å². The molecule has 31 heavy (non-hydrogen) atoms. The molecule has 162 valence electrons. The number of ketones is 1. The van der Waals surface area contributed by atoms with E-state index < -0.39 is 5.60 Å². The van der Waals surface area contributed by atoms with Crippen molar-refractivity contribution < 1.29 is 23.7 Å². The van der Waals surface area contributed by atoms with Crippen molar-refractivity contribution in [3.05, 3.63) is 35.9 Å². The number of carbonyl (C=O) groups is 1. The van der Waals surface area contributed by atoms with Gasteiger partial charge in [-0.15, -0.1) is 0 Å². The van der Waals surface area contributed by atoms with Crippen LogP contribution in [0.1, 0.15) is 29.6 Å². The van der Waals surface area contributed by atoms with Gasteiger partial charge in [0.1, 0.15) is 11.4 Å². The van der Waals surface area contributed by atoms with Gasteiger partial charge in [0, 0.05) is 25.9 Å². The molecule has 2 aliphatic rings. The lowest BCUT2D eigenvalue weighted by Gasteiger charge is -2.44. The first-order chi connectivity index (χ1) is 15.1. The summed E-state index contributed by atoms with van der Waals surface area (Å²) in [5.74, 6) is 2.46. The number of ether oxygens (including phenoxy) is 4. The predicted molar refractivity (Wildman–Crippen MR) is 119 cm³/mol. The van der Waals surface area contributed by atoms with Crippen LogP contribution in [0.2, 0.25) is 0 Å². The molecule has 0 unspecified atom stereocenters. The van der Waals surface area contributed by atoms with E-state index in [0.717, 1.165) is 47.0 Å². The number of Topliss-reactive ketones (excluding diaryl/α,β-unsaturated/α-hetero) is 1. The van der Waals surface area contributed by atoms with Crippen LogP contribution in [0.3, 0.4) is 0 Å². The molecule has 2 aliphatic heterocycles. The second-order valence-corrected chi connectivity index (χ2v) is 8.89. The molecule has 1 saturated heterocycles.